The molecular weight excluding hydrogens is 274 g/mol. The lowest BCUT2D eigenvalue weighted by Gasteiger charge is -2.20. The van der Waals surface area contributed by atoms with E-state index in [1.165, 1.54) is 47.1 Å². The first-order chi connectivity index (χ1) is 10.4. The van der Waals surface area contributed by atoms with Gasteiger partial charge in [0.15, 0.2) is 0 Å². The summed E-state index contributed by atoms with van der Waals surface area (Å²) in [5, 5.41) is 6.35. The lowest BCUT2D eigenvalue weighted by atomic mass is 10.0. The molecular formula is C19H25NS. The average molecular weight is 299 g/mol. The molecule has 1 nitrogen and oxygen atoms in total. The topological polar surface area (TPSA) is 12.0 Å². The van der Waals surface area contributed by atoms with Crippen molar-refractivity contribution in [1.29, 1.82) is 0 Å². The van der Waals surface area contributed by atoms with Crippen LogP contribution in [0.25, 0.3) is 10.8 Å². The Morgan fingerprint density at radius 2 is 1.95 bits per heavy atom. The van der Waals surface area contributed by atoms with Crippen LogP contribution >= 0.6 is 11.8 Å². The van der Waals surface area contributed by atoms with E-state index in [0.29, 0.717) is 0 Å². The van der Waals surface area contributed by atoms with E-state index in [1.807, 2.05) is 11.8 Å². The molecule has 2 aromatic rings. The van der Waals surface area contributed by atoms with Crippen LogP contribution in [0.2, 0.25) is 0 Å². The Bertz CT molecular complexity index is 581. The summed E-state index contributed by atoms with van der Waals surface area (Å²) in [5.74, 6) is 2.13. The van der Waals surface area contributed by atoms with Gasteiger partial charge >= 0.3 is 0 Å². The highest BCUT2D eigenvalue weighted by molar-refractivity contribution is 7.99. The van der Waals surface area contributed by atoms with Crippen LogP contribution in [-0.4, -0.2) is 18.3 Å². The van der Waals surface area contributed by atoms with Crippen molar-refractivity contribution in [2.75, 3.05) is 12.3 Å². The van der Waals surface area contributed by atoms with Crippen molar-refractivity contribution in [2.45, 2.75) is 43.5 Å². The Labute approximate surface area is 132 Å². The Morgan fingerprint density at radius 1 is 1.10 bits per heavy atom. The van der Waals surface area contributed by atoms with E-state index in [-0.39, 0.29) is 0 Å². The normalized spacial score (nSPS) is 22.0. The molecule has 112 valence electrons. The van der Waals surface area contributed by atoms with Gasteiger partial charge in [0.25, 0.3) is 0 Å². The first kappa shape index (κ1) is 14.9. The van der Waals surface area contributed by atoms with E-state index in [4.69, 9.17) is 0 Å². The third-order valence-electron chi connectivity index (χ3n) is 4.60. The monoisotopic (exact) mass is 299 g/mol. The average Bonchev–Trinajstić information content (AvgIpc) is 2.95. The number of nitrogens with one attached hydrogen (secondary N) is 1. The van der Waals surface area contributed by atoms with Crippen molar-refractivity contribution in [3.63, 3.8) is 0 Å². The van der Waals surface area contributed by atoms with Gasteiger partial charge in [0.1, 0.15) is 0 Å². The molecule has 0 aromatic heterocycles. The fourth-order valence-electron chi connectivity index (χ4n) is 3.50. The molecule has 1 N–H and O–H groups in total. The molecule has 2 heteroatoms. The van der Waals surface area contributed by atoms with E-state index in [9.17, 15) is 0 Å². The van der Waals surface area contributed by atoms with Crippen LogP contribution in [0.4, 0.5) is 0 Å². The smallest absolute Gasteiger partial charge is 0.00955 e. The summed E-state index contributed by atoms with van der Waals surface area (Å²) in [6.07, 6.45) is 5.53. The molecule has 1 fully saturated rings. The predicted octanol–water partition coefficient (Wildman–Crippen LogP) is 5.10. The predicted molar refractivity (Wildman–Crippen MR) is 94.1 cm³/mol. The quantitative estimate of drug-likeness (QED) is 0.745. The highest BCUT2D eigenvalue weighted by Gasteiger charge is 2.25. The van der Waals surface area contributed by atoms with Crippen LogP contribution in [0.3, 0.4) is 0 Å². The Kier molecular flexibility index (Phi) is 5.21. The van der Waals surface area contributed by atoms with Gasteiger partial charge in [-0.05, 0) is 60.4 Å². The number of thioether (sulfide) groups is 1. The Morgan fingerprint density at radius 3 is 2.81 bits per heavy atom. The van der Waals surface area contributed by atoms with Gasteiger partial charge < -0.3 is 5.32 Å². The first-order valence-electron chi connectivity index (χ1n) is 8.22. The summed E-state index contributed by atoms with van der Waals surface area (Å²) in [6.45, 7) is 3.33. The van der Waals surface area contributed by atoms with E-state index in [1.54, 1.807) is 0 Å². The van der Waals surface area contributed by atoms with Gasteiger partial charge in [0.2, 0.25) is 0 Å². The van der Waals surface area contributed by atoms with Crippen LogP contribution in [0.15, 0.2) is 47.4 Å². The standard InChI is InChI=1S/C19H25NS/c1-2-20-19-9-5-8-16(19)12-13-21-18-11-10-15-6-3-4-7-17(15)14-18/h3-4,6-7,10-11,14,16,19-20H,2,5,8-9,12-13H2,1H3. The lowest BCUT2D eigenvalue weighted by Crippen LogP contribution is -2.32. The molecule has 0 saturated heterocycles. The molecule has 1 aliphatic carbocycles. The summed E-state index contributed by atoms with van der Waals surface area (Å²) in [4.78, 5) is 1.41. The third-order valence-corrected chi connectivity index (χ3v) is 5.63. The first-order valence-corrected chi connectivity index (χ1v) is 9.20. The summed E-state index contributed by atoms with van der Waals surface area (Å²) in [6, 6.07) is 16.2. The van der Waals surface area contributed by atoms with Crippen LogP contribution in [0.1, 0.15) is 32.6 Å². The molecule has 0 amide bonds. The van der Waals surface area contributed by atoms with Crippen molar-refractivity contribution in [3.05, 3.63) is 42.5 Å². The molecule has 0 aliphatic heterocycles. The fraction of sp³-hybridized carbons (Fsp3) is 0.474. The number of rotatable bonds is 6. The van der Waals surface area contributed by atoms with Gasteiger partial charge in [0.05, 0.1) is 0 Å². The Hall–Kier alpha value is -0.990. The van der Waals surface area contributed by atoms with E-state index in [2.05, 4.69) is 54.7 Å². The minimum atomic E-state index is 0.771. The van der Waals surface area contributed by atoms with Crippen LogP contribution < -0.4 is 5.32 Å². The summed E-state index contributed by atoms with van der Waals surface area (Å²) in [5.41, 5.74) is 0. The van der Waals surface area contributed by atoms with Gasteiger partial charge in [-0.3, -0.25) is 0 Å². The second kappa shape index (κ2) is 7.33. The van der Waals surface area contributed by atoms with Gasteiger partial charge in [-0.1, -0.05) is 43.7 Å². The van der Waals surface area contributed by atoms with Crippen molar-refractivity contribution in [3.8, 4) is 0 Å². The summed E-state index contributed by atoms with van der Waals surface area (Å²) in [7, 11) is 0. The number of hydrogen-bond acceptors (Lipinski definition) is 2. The van der Waals surface area contributed by atoms with Crippen LogP contribution in [0, 0.1) is 5.92 Å². The van der Waals surface area contributed by atoms with E-state index in [0.717, 1.165) is 18.5 Å². The van der Waals surface area contributed by atoms with Crippen LogP contribution in [0.5, 0.6) is 0 Å². The van der Waals surface area contributed by atoms with Crippen LogP contribution in [-0.2, 0) is 0 Å². The van der Waals surface area contributed by atoms with Crippen molar-refractivity contribution in [2.24, 2.45) is 5.92 Å². The number of fused-ring (bicyclic) bond motifs is 1. The second-order valence-corrected chi connectivity index (χ2v) is 7.17. The SMILES string of the molecule is CCNC1CCCC1CCSc1ccc2ccccc2c1. The van der Waals surface area contributed by atoms with E-state index >= 15 is 0 Å². The molecule has 0 spiro atoms. The zero-order valence-electron chi connectivity index (χ0n) is 12.8. The molecule has 2 unspecified atom stereocenters. The number of benzene rings is 2. The molecule has 0 radical (unpaired) electrons. The maximum atomic E-state index is 3.66. The molecule has 2 aromatic carbocycles. The maximum absolute atomic E-state index is 3.66. The highest BCUT2D eigenvalue weighted by atomic mass is 32.2. The molecule has 1 aliphatic rings. The Balaban J connectivity index is 1.54. The summed E-state index contributed by atoms with van der Waals surface area (Å²) >= 11 is 2.01. The highest BCUT2D eigenvalue weighted by Crippen LogP contribution is 2.31. The van der Waals surface area contributed by atoms with Crippen molar-refractivity contribution < 1.29 is 0 Å². The molecule has 3 rings (SSSR count). The number of hydrogen-bond donors (Lipinski definition) is 1. The largest absolute Gasteiger partial charge is 0.314 e. The lowest BCUT2D eigenvalue weighted by molar-refractivity contribution is 0.400. The van der Waals surface area contributed by atoms with Crippen molar-refractivity contribution >= 4 is 22.5 Å². The minimum absolute atomic E-state index is 0.771. The zero-order valence-corrected chi connectivity index (χ0v) is 13.7. The molecule has 0 heterocycles. The molecule has 1 saturated carbocycles. The van der Waals surface area contributed by atoms with Gasteiger partial charge in [-0.2, -0.15) is 0 Å². The van der Waals surface area contributed by atoms with Gasteiger partial charge in [-0.15, -0.1) is 11.8 Å². The molecule has 2 atom stereocenters. The van der Waals surface area contributed by atoms with E-state index < -0.39 is 0 Å². The molecule has 21 heavy (non-hydrogen) atoms. The van der Waals surface area contributed by atoms with Crippen molar-refractivity contribution in [1.82, 2.24) is 5.32 Å². The van der Waals surface area contributed by atoms with Gasteiger partial charge in [0, 0.05) is 10.9 Å². The minimum Gasteiger partial charge on any atom is -0.314 e. The zero-order chi connectivity index (χ0) is 14.5. The second-order valence-electron chi connectivity index (χ2n) is 6.00. The third kappa shape index (κ3) is 3.81. The molecule has 0 bridgehead atoms. The van der Waals surface area contributed by atoms with Gasteiger partial charge in [-0.25, -0.2) is 0 Å². The fourth-order valence-corrected chi connectivity index (χ4v) is 4.53. The summed E-state index contributed by atoms with van der Waals surface area (Å²) < 4.78 is 0. The maximum Gasteiger partial charge on any atom is 0.00955 e.